The van der Waals surface area contributed by atoms with Crippen molar-refractivity contribution in [2.24, 2.45) is 5.16 Å². The summed E-state index contributed by atoms with van der Waals surface area (Å²) in [5.41, 5.74) is 5.56. The number of nitrogens with two attached hydrogens (primary N) is 1. The van der Waals surface area contributed by atoms with Crippen LogP contribution in [0, 0.1) is 0 Å². The second kappa shape index (κ2) is 6.95. The van der Waals surface area contributed by atoms with Crippen LogP contribution in [0.25, 0.3) is 0 Å². The molecule has 23 heavy (non-hydrogen) atoms. The van der Waals surface area contributed by atoms with Gasteiger partial charge < -0.3 is 15.3 Å². The minimum absolute atomic E-state index is 0.0933. The molecular weight excluding hydrogens is 313 g/mol. The highest BCUT2D eigenvalue weighted by Gasteiger charge is 2.30. The fourth-order valence-corrected chi connectivity index (χ4v) is 1.72. The van der Waals surface area contributed by atoms with Gasteiger partial charge in [0.25, 0.3) is 0 Å². The highest BCUT2D eigenvalue weighted by Crippen LogP contribution is 2.29. The van der Waals surface area contributed by atoms with E-state index in [1.54, 1.807) is 0 Å². The molecule has 0 amide bonds. The van der Waals surface area contributed by atoms with Crippen molar-refractivity contribution in [3.8, 4) is 5.88 Å². The second-order valence-electron chi connectivity index (χ2n) is 4.38. The lowest BCUT2D eigenvalue weighted by molar-refractivity contribution is -0.137. The van der Waals surface area contributed by atoms with E-state index in [1.165, 1.54) is 31.8 Å². The minimum Gasteiger partial charge on any atom is -0.472 e. The number of oxime groups is 1. The Morgan fingerprint density at radius 2 is 2.09 bits per heavy atom. The fourth-order valence-electron chi connectivity index (χ4n) is 1.72. The summed E-state index contributed by atoms with van der Waals surface area (Å²) in [5.74, 6) is 0.204. The van der Waals surface area contributed by atoms with Crippen LogP contribution in [0.3, 0.4) is 0 Å². The smallest absolute Gasteiger partial charge is 0.416 e. The first-order valence-corrected chi connectivity index (χ1v) is 6.37. The van der Waals surface area contributed by atoms with Crippen LogP contribution in [-0.2, 0) is 17.6 Å². The quantitative estimate of drug-likeness (QED) is 0.674. The maximum absolute atomic E-state index is 12.7. The first-order chi connectivity index (χ1) is 10.9. The Balaban J connectivity index is 2.19. The summed E-state index contributed by atoms with van der Waals surface area (Å²) in [6, 6.07) is 4.82. The second-order valence-corrected chi connectivity index (χ2v) is 4.38. The van der Waals surface area contributed by atoms with Crippen molar-refractivity contribution in [2.45, 2.75) is 12.8 Å². The van der Waals surface area contributed by atoms with E-state index >= 15 is 0 Å². The number of rotatable bonds is 5. The van der Waals surface area contributed by atoms with E-state index in [1.807, 2.05) is 0 Å². The number of nitrogen functional groups attached to an aromatic ring is 1. The van der Waals surface area contributed by atoms with Crippen LogP contribution in [0.15, 0.2) is 35.7 Å². The van der Waals surface area contributed by atoms with Gasteiger partial charge in [0.1, 0.15) is 31.4 Å². The van der Waals surface area contributed by atoms with Crippen molar-refractivity contribution < 1.29 is 22.7 Å². The molecule has 0 spiro atoms. The van der Waals surface area contributed by atoms with E-state index in [-0.39, 0.29) is 23.9 Å². The van der Waals surface area contributed by atoms with Gasteiger partial charge in [0.2, 0.25) is 5.88 Å². The highest BCUT2D eigenvalue weighted by atomic mass is 19.4. The summed E-state index contributed by atoms with van der Waals surface area (Å²) in [7, 11) is 1.35. The lowest BCUT2D eigenvalue weighted by Gasteiger charge is -2.11. The van der Waals surface area contributed by atoms with Gasteiger partial charge in [-0.2, -0.15) is 13.2 Å². The third-order valence-electron chi connectivity index (χ3n) is 2.80. The maximum Gasteiger partial charge on any atom is 0.416 e. The van der Waals surface area contributed by atoms with Crippen LogP contribution in [0.4, 0.5) is 19.0 Å². The minimum atomic E-state index is -4.41. The van der Waals surface area contributed by atoms with Gasteiger partial charge in [-0.1, -0.05) is 17.3 Å². The van der Waals surface area contributed by atoms with Crippen molar-refractivity contribution >= 4 is 12.0 Å². The van der Waals surface area contributed by atoms with Gasteiger partial charge in [-0.3, -0.25) is 0 Å². The molecule has 1 aromatic heterocycles. The van der Waals surface area contributed by atoms with Gasteiger partial charge in [-0.05, 0) is 17.7 Å². The molecule has 0 fully saturated rings. The average Bonchev–Trinajstić information content (AvgIpc) is 2.51. The molecule has 0 bridgehead atoms. The molecule has 0 radical (unpaired) electrons. The summed E-state index contributed by atoms with van der Waals surface area (Å²) < 4.78 is 43.5. The lowest BCUT2D eigenvalue weighted by Crippen LogP contribution is -2.08. The molecule has 0 saturated carbocycles. The van der Waals surface area contributed by atoms with E-state index in [9.17, 15) is 13.2 Å². The van der Waals surface area contributed by atoms with Crippen LogP contribution < -0.4 is 10.5 Å². The molecule has 0 aliphatic carbocycles. The van der Waals surface area contributed by atoms with Crippen LogP contribution in [0.2, 0.25) is 0 Å². The van der Waals surface area contributed by atoms with Gasteiger partial charge in [0.15, 0.2) is 0 Å². The summed E-state index contributed by atoms with van der Waals surface area (Å²) >= 11 is 0. The van der Waals surface area contributed by atoms with Crippen molar-refractivity contribution in [1.82, 2.24) is 9.97 Å². The topological polar surface area (TPSA) is 82.6 Å². The Bertz CT molecular complexity index is 705. The Kier molecular flexibility index (Phi) is 4.99. The largest absolute Gasteiger partial charge is 0.472 e. The number of hydrogen-bond acceptors (Lipinski definition) is 6. The first-order valence-electron chi connectivity index (χ1n) is 6.37. The summed E-state index contributed by atoms with van der Waals surface area (Å²) in [5, 5.41) is 3.55. The molecule has 1 heterocycles. The van der Waals surface area contributed by atoms with Crippen molar-refractivity contribution in [1.29, 1.82) is 0 Å². The fraction of sp³-hybridized carbons (Fsp3) is 0.214. The van der Waals surface area contributed by atoms with Gasteiger partial charge in [0, 0.05) is 0 Å². The molecule has 0 unspecified atom stereocenters. The zero-order chi connectivity index (χ0) is 16.9. The Morgan fingerprint density at radius 1 is 1.30 bits per heavy atom. The van der Waals surface area contributed by atoms with Crippen molar-refractivity contribution in [2.75, 3.05) is 12.8 Å². The summed E-state index contributed by atoms with van der Waals surface area (Å²) in [6.45, 7) is -0.117. The Hall–Kier alpha value is -2.84. The zero-order valence-corrected chi connectivity index (χ0v) is 12.0. The Labute approximate surface area is 129 Å². The third kappa shape index (κ3) is 4.31. The van der Waals surface area contributed by atoms with Crippen molar-refractivity contribution in [3.05, 3.63) is 47.3 Å². The number of benzene rings is 1. The number of nitrogens with zero attached hydrogens (tertiary/aromatic N) is 3. The van der Waals surface area contributed by atoms with Gasteiger partial charge >= 0.3 is 6.18 Å². The normalized spacial score (nSPS) is 11.7. The zero-order valence-electron chi connectivity index (χ0n) is 12.0. The molecule has 9 heteroatoms. The van der Waals surface area contributed by atoms with Crippen molar-refractivity contribution in [3.63, 3.8) is 0 Å². The molecule has 2 aromatic rings. The maximum atomic E-state index is 12.7. The number of halogens is 3. The summed E-state index contributed by atoms with van der Waals surface area (Å²) in [4.78, 5) is 12.2. The molecule has 2 rings (SSSR count). The van der Waals surface area contributed by atoms with Crippen LogP contribution in [0.5, 0.6) is 5.88 Å². The third-order valence-corrected chi connectivity index (χ3v) is 2.80. The number of alkyl halides is 3. The number of aromatic nitrogens is 2. The molecule has 2 N–H and O–H groups in total. The Morgan fingerprint density at radius 3 is 2.78 bits per heavy atom. The van der Waals surface area contributed by atoms with E-state index in [2.05, 4.69) is 20.0 Å². The van der Waals surface area contributed by atoms with E-state index in [0.29, 0.717) is 5.56 Å². The molecular formula is C14H13F3N4O2. The van der Waals surface area contributed by atoms with Crippen LogP contribution in [-0.4, -0.2) is 23.3 Å². The van der Waals surface area contributed by atoms with E-state index in [4.69, 9.17) is 10.5 Å². The number of ether oxygens (including phenoxy) is 1. The molecule has 0 aliphatic heterocycles. The molecule has 1 aromatic carbocycles. The molecule has 0 saturated heterocycles. The predicted octanol–water partition coefficient (Wildman–Crippen LogP) is 2.64. The standard InChI is InChI=1S/C14H13F3N4O2/c1-22-21-6-11-12(18)19-8-20-13(11)23-7-9-3-2-4-10(5-9)14(15,16)17/h2-6,8H,7H2,1H3,(H2,18,19,20). The number of hydrogen-bond donors (Lipinski definition) is 1. The monoisotopic (exact) mass is 326 g/mol. The average molecular weight is 326 g/mol. The molecule has 6 nitrogen and oxygen atoms in total. The van der Waals surface area contributed by atoms with Crippen LogP contribution >= 0.6 is 0 Å². The molecule has 0 aliphatic rings. The lowest BCUT2D eigenvalue weighted by atomic mass is 10.1. The first kappa shape index (κ1) is 16.5. The number of anilines is 1. The molecule has 0 atom stereocenters. The SMILES string of the molecule is CON=Cc1c(N)ncnc1OCc1cccc(C(F)(F)F)c1. The van der Waals surface area contributed by atoms with Gasteiger partial charge in [-0.25, -0.2) is 9.97 Å². The summed E-state index contributed by atoms with van der Waals surface area (Å²) in [6.07, 6.45) is -1.97. The van der Waals surface area contributed by atoms with E-state index < -0.39 is 11.7 Å². The van der Waals surface area contributed by atoms with Gasteiger partial charge in [0.05, 0.1) is 11.8 Å². The van der Waals surface area contributed by atoms with Crippen LogP contribution in [0.1, 0.15) is 16.7 Å². The molecule has 122 valence electrons. The highest BCUT2D eigenvalue weighted by molar-refractivity contribution is 5.87. The van der Waals surface area contributed by atoms with E-state index in [0.717, 1.165) is 12.1 Å². The van der Waals surface area contributed by atoms with Gasteiger partial charge in [-0.15, -0.1) is 0 Å². The predicted molar refractivity (Wildman–Crippen MR) is 76.8 cm³/mol.